The van der Waals surface area contributed by atoms with E-state index in [0.29, 0.717) is 11.3 Å². The van der Waals surface area contributed by atoms with Crippen LogP contribution in [0.3, 0.4) is 0 Å². The molecular formula is C25H24ClN3O5. The number of carbonyl (C=O) groups excluding carboxylic acids is 4. The first-order valence-corrected chi connectivity index (χ1v) is 11.4. The Bertz CT molecular complexity index is 1170. The van der Waals surface area contributed by atoms with E-state index in [-0.39, 0.29) is 27.9 Å². The van der Waals surface area contributed by atoms with Gasteiger partial charge in [-0.05, 0) is 55.3 Å². The lowest BCUT2D eigenvalue weighted by molar-refractivity contribution is -0.120. The number of rotatable bonds is 5. The zero-order valence-corrected chi connectivity index (χ0v) is 19.4. The second kappa shape index (κ2) is 10.1. The topological polar surface area (TPSA) is 96.0 Å². The minimum absolute atomic E-state index is 0.0632. The number of imide groups is 1. The van der Waals surface area contributed by atoms with E-state index < -0.39 is 17.8 Å². The molecule has 9 heteroatoms. The van der Waals surface area contributed by atoms with Crippen LogP contribution in [0.15, 0.2) is 59.3 Å². The molecule has 8 nitrogen and oxygen atoms in total. The van der Waals surface area contributed by atoms with Crippen LogP contribution in [-0.2, 0) is 14.3 Å². The zero-order chi connectivity index (χ0) is 24.2. The largest absolute Gasteiger partial charge is 0.465 e. The van der Waals surface area contributed by atoms with Crippen molar-refractivity contribution in [2.45, 2.75) is 25.7 Å². The number of halogens is 1. The highest BCUT2D eigenvalue weighted by atomic mass is 35.5. The van der Waals surface area contributed by atoms with Gasteiger partial charge in [-0.15, -0.1) is 0 Å². The predicted molar refractivity (Wildman–Crippen MR) is 128 cm³/mol. The first-order valence-electron chi connectivity index (χ1n) is 11.0. The molecule has 1 fully saturated rings. The van der Waals surface area contributed by atoms with Crippen molar-refractivity contribution in [3.63, 3.8) is 0 Å². The van der Waals surface area contributed by atoms with Crippen LogP contribution in [0.1, 0.15) is 46.4 Å². The van der Waals surface area contributed by atoms with Gasteiger partial charge in [0.1, 0.15) is 10.7 Å². The van der Waals surface area contributed by atoms with Gasteiger partial charge in [-0.25, -0.2) is 9.69 Å². The molecular weight excluding hydrogens is 458 g/mol. The second-order valence-electron chi connectivity index (χ2n) is 8.09. The lowest BCUT2D eigenvalue weighted by Gasteiger charge is -2.20. The van der Waals surface area contributed by atoms with Gasteiger partial charge in [-0.3, -0.25) is 14.4 Å². The van der Waals surface area contributed by atoms with E-state index in [1.165, 1.54) is 31.4 Å². The summed E-state index contributed by atoms with van der Waals surface area (Å²) in [5.74, 6) is -1.91. The minimum atomic E-state index is -0.684. The molecule has 1 saturated heterocycles. The molecule has 0 bridgehead atoms. The molecule has 4 rings (SSSR count). The molecule has 2 aromatic rings. The van der Waals surface area contributed by atoms with Gasteiger partial charge in [0, 0.05) is 24.3 Å². The Morgan fingerprint density at radius 3 is 2.24 bits per heavy atom. The van der Waals surface area contributed by atoms with Crippen LogP contribution in [-0.4, -0.2) is 48.8 Å². The Labute approximate surface area is 202 Å². The molecule has 0 unspecified atom stereocenters. The summed E-state index contributed by atoms with van der Waals surface area (Å²) in [5, 5.41) is 2.65. The van der Waals surface area contributed by atoms with E-state index in [1.54, 1.807) is 24.3 Å². The number of esters is 1. The number of anilines is 2. The Hall–Kier alpha value is -3.65. The molecule has 0 atom stereocenters. The summed E-state index contributed by atoms with van der Waals surface area (Å²) < 4.78 is 4.66. The fourth-order valence-electron chi connectivity index (χ4n) is 4.04. The molecule has 3 amide bonds. The monoisotopic (exact) mass is 481 g/mol. The summed E-state index contributed by atoms with van der Waals surface area (Å²) in [4.78, 5) is 53.1. The third kappa shape index (κ3) is 4.68. The summed E-state index contributed by atoms with van der Waals surface area (Å²) >= 11 is 6.22. The van der Waals surface area contributed by atoms with Gasteiger partial charge in [0.2, 0.25) is 0 Å². The molecule has 0 aromatic heterocycles. The maximum absolute atomic E-state index is 13.0. The average Bonchev–Trinajstić information content (AvgIpc) is 3.06. The fourth-order valence-corrected chi connectivity index (χ4v) is 4.25. The Morgan fingerprint density at radius 1 is 0.912 bits per heavy atom. The van der Waals surface area contributed by atoms with Gasteiger partial charge in [-0.2, -0.15) is 0 Å². The fraction of sp³-hybridized carbons (Fsp3) is 0.280. The average molecular weight is 482 g/mol. The molecule has 0 radical (unpaired) electrons. The van der Waals surface area contributed by atoms with Crippen molar-refractivity contribution in [3.05, 3.63) is 70.4 Å². The number of benzene rings is 2. The van der Waals surface area contributed by atoms with Crippen LogP contribution < -0.4 is 10.2 Å². The van der Waals surface area contributed by atoms with Crippen molar-refractivity contribution in [1.82, 2.24) is 4.90 Å². The highest BCUT2D eigenvalue weighted by Crippen LogP contribution is 2.30. The van der Waals surface area contributed by atoms with E-state index in [0.717, 1.165) is 43.7 Å². The third-order valence-electron chi connectivity index (χ3n) is 5.85. The number of hydrogen-bond acceptors (Lipinski definition) is 6. The maximum atomic E-state index is 13.0. The van der Waals surface area contributed by atoms with Crippen LogP contribution in [0, 0.1) is 0 Å². The molecule has 0 saturated carbocycles. The van der Waals surface area contributed by atoms with Crippen LogP contribution >= 0.6 is 11.6 Å². The number of methoxy groups -OCH3 is 1. The van der Waals surface area contributed by atoms with Crippen molar-refractivity contribution in [1.29, 1.82) is 0 Å². The molecule has 2 heterocycles. The number of ether oxygens (including phenoxy) is 1. The third-order valence-corrected chi connectivity index (χ3v) is 6.20. The summed E-state index contributed by atoms with van der Waals surface area (Å²) in [6.07, 6.45) is 4.21. The van der Waals surface area contributed by atoms with E-state index in [1.807, 2.05) is 4.90 Å². The number of amides is 3. The molecule has 34 heavy (non-hydrogen) atoms. The molecule has 2 aromatic carbocycles. The number of nitrogens with zero attached hydrogens (tertiary/aromatic N) is 2. The first-order chi connectivity index (χ1) is 16.4. The van der Waals surface area contributed by atoms with Gasteiger partial charge >= 0.3 is 5.97 Å². The Balaban J connectivity index is 1.52. The highest BCUT2D eigenvalue weighted by molar-refractivity contribution is 6.53. The lowest BCUT2D eigenvalue weighted by Crippen LogP contribution is -2.32. The summed E-state index contributed by atoms with van der Waals surface area (Å²) in [7, 11) is 1.27. The standard InChI is InChI=1S/C25H24ClN3O5/c1-34-25(33)16-9-11-19(12-10-16)29-23(31)20(26)21(24(29)32)27-18-8-6-7-17(15-18)22(30)28-13-4-2-3-5-14-28/h6-12,15,27H,2-5,13-14H2,1H3. The van der Waals surface area contributed by atoms with E-state index in [4.69, 9.17) is 11.6 Å². The highest BCUT2D eigenvalue weighted by Gasteiger charge is 2.39. The molecule has 2 aliphatic heterocycles. The SMILES string of the molecule is COC(=O)c1ccc(N2C(=O)C(Cl)=C(Nc3cccc(C(=O)N4CCCCCC4)c3)C2=O)cc1. The first kappa shape index (κ1) is 23.5. The number of hydrogen-bond donors (Lipinski definition) is 1. The number of carbonyl (C=O) groups is 4. The predicted octanol–water partition coefficient (Wildman–Crippen LogP) is 3.93. The molecule has 176 valence electrons. The van der Waals surface area contributed by atoms with Gasteiger partial charge in [0.15, 0.2) is 0 Å². The van der Waals surface area contributed by atoms with Gasteiger partial charge in [0.05, 0.1) is 18.4 Å². The van der Waals surface area contributed by atoms with Crippen molar-refractivity contribution < 1.29 is 23.9 Å². The van der Waals surface area contributed by atoms with E-state index in [9.17, 15) is 19.2 Å². The minimum Gasteiger partial charge on any atom is -0.465 e. The van der Waals surface area contributed by atoms with Gasteiger partial charge in [-0.1, -0.05) is 30.5 Å². The molecule has 2 aliphatic rings. The van der Waals surface area contributed by atoms with Crippen LogP contribution in [0.2, 0.25) is 0 Å². The number of likely N-dealkylation sites (tertiary alicyclic amines) is 1. The van der Waals surface area contributed by atoms with Crippen molar-refractivity contribution in [2.75, 3.05) is 30.4 Å². The molecule has 1 N–H and O–H groups in total. The molecule has 0 spiro atoms. The zero-order valence-electron chi connectivity index (χ0n) is 18.7. The quantitative estimate of drug-likeness (QED) is 0.513. The number of nitrogens with one attached hydrogen (secondary N) is 1. The van der Waals surface area contributed by atoms with Crippen LogP contribution in [0.4, 0.5) is 11.4 Å². The van der Waals surface area contributed by atoms with Crippen LogP contribution in [0.25, 0.3) is 0 Å². The Morgan fingerprint density at radius 2 is 1.59 bits per heavy atom. The second-order valence-corrected chi connectivity index (χ2v) is 8.46. The lowest BCUT2D eigenvalue weighted by atomic mass is 10.1. The maximum Gasteiger partial charge on any atom is 0.337 e. The summed E-state index contributed by atoms with van der Waals surface area (Å²) in [5.41, 5.74) is 1.44. The van der Waals surface area contributed by atoms with Gasteiger partial charge < -0.3 is 15.0 Å². The van der Waals surface area contributed by atoms with Crippen molar-refractivity contribution >= 4 is 46.7 Å². The Kier molecular flexibility index (Phi) is 6.98. The van der Waals surface area contributed by atoms with E-state index in [2.05, 4.69) is 10.1 Å². The summed E-state index contributed by atoms with van der Waals surface area (Å²) in [6, 6.07) is 12.6. The van der Waals surface area contributed by atoms with Crippen LogP contribution in [0.5, 0.6) is 0 Å². The van der Waals surface area contributed by atoms with Crippen molar-refractivity contribution in [3.8, 4) is 0 Å². The molecule has 0 aliphatic carbocycles. The normalized spacial score (nSPS) is 16.5. The smallest absolute Gasteiger partial charge is 0.337 e. The van der Waals surface area contributed by atoms with Gasteiger partial charge in [0.25, 0.3) is 17.7 Å². The van der Waals surface area contributed by atoms with Crippen molar-refractivity contribution in [2.24, 2.45) is 0 Å². The van der Waals surface area contributed by atoms with E-state index >= 15 is 0 Å². The summed E-state index contributed by atoms with van der Waals surface area (Å²) in [6.45, 7) is 1.45.